The molecule has 0 aliphatic rings. The fraction of sp³-hybridized carbons (Fsp3) is 0.188. The number of hydrogen-bond acceptors (Lipinski definition) is 2. The van der Waals surface area contributed by atoms with Gasteiger partial charge in [0.25, 0.3) is 0 Å². The van der Waals surface area contributed by atoms with Crippen LogP contribution in [0.1, 0.15) is 11.1 Å². The third kappa shape index (κ3) is 3.58. The fourth-order valence-electron chi connectivity index (χ4n) is 2.00. The Hall–Kier alpha value is -1.87. The minimum atomic E-state index is -0.477. The number of Topliss-reactive ketones (excluding diaryl/α,β-unsaturated/α-hetero) is 1. The van der Waals surface area contributed by atoms with Crippen LogP contribution in [0.5, 0.6) is 5.75 Å². The van der Waals surface area contributed by atoms with Crippen LogP contribution in [0, 0.1) is 5.82 Å². The first-order chi connectivity index (χ1) is 9.60. The summed E-state index contributed by atoms with van der Waals surface area (Å²) in [4.78, 5) is 12.0. The standard InChI is InChI=1S/C16H14ClFO2/c1-20-15-7-3-5-12(16(15)18)10-14(19)9-11-4-2-6-13(17)8-11/h2-8H,9-10H2,1H3. The summed E-state index contributed by atoms with van der Waals surface area (Å²) in [6.45, 7) is 0. The van der Waals surface area contributed by atoms with Crippen molar-refractivity contribution < 1.29 is 13.9 Å². The Morgan fingerprint density at radius 2 is 1.95 bits per heavy atom. The Balaban J connectivity index is 2.09. The first kappa shape index (κ1) is 14.5. The summed E-state index contributed by atoms with van der Waals surface area (Å²) in [6.07, 6.45) is 0.271. The van der Waals surface area contributed by atoms with E-state index in [2.05, 4.69) is 0 Å². The Morgan fingerprint density at radius 3 is 2.65 bits per heavy atom. The van der Waals surface area contributed by atoms with Crippen molar-refractivity contribution in [2.45, 2.75) is 12.8 Å². The molecule has 0 aliphatic heterocycles. The molecular weight excluding hydrogens is 279 g/mol. The maximum atomic E-state index is 13.9. The van der Waals surface area contributed by atoms with Gasteiger partial charge in [0.05, 0.1) is 7.11 Å². The monoisotopic (exact) mass is 292 g/mol. The van der Waals surface area contributed by atoms with Crippen LogP contribution in [0.15, 0.2) is 42.5 Å². The zero-order valence-corrected chi connectivity index (χ0v) is 11.8. The first-order valence-electron chi connectivity index (χ1n) is 6.17. The highest BCUT2D eigenvalue weighted by Crippen LogP contribution is 2.21. The predicted octanol–water partition coefficient (Wildman–Crippen LogP) is 3.84. The molecule has 2 aromatic rings. The number of benzene rings is 2. The predicted molar refractivity (Wildman–Crippen MR) is 76.8 cm³/mol. The first-order valence-corrected chi connectivity index (χ1v) is 6.55. The third-order valence-electron chi connectivity index (χ3n) is 2.94. The number of carbonyl (C=O) groups is 1. The Labute approximate surface area is 122 Å². The van der Waals surface area contributed by atoms with E-state index in [-0.39, 0.29) is 24.4 Å². The Bertz CT molecular complexity index is 626. The van der Waals surface area contributed by atoms with Crippen molar-refractivity contribution >= 4 is 17.4 Å². The van der Waals surface area contributed by atoms with E-state index in [0.717, 1.165) is 5.56 Å². The molecular formula is C16H14ClFO2. The quantitative estimate of drug-likeness (QED) is 0.837. The van der Waals surface area contributed by atoms with E-state index < -0.39 is 5.82 Å². The lowest BCUT2D eigenvalue weighted by atomic mass is 10.0. The number of ketones is 1. The molecule has 0 saturated heterocycles. The van der Waals surface area contributed by atoms with E-state index in [1.165, 1.54) is 13.2 Å². The van der Waals surface area contributed by atoms with Gasteiger partial charge in [0.1, 0.15) is 5.78 Å². The summed E-state index contributed by atoms with van der Waals surface area (Å²) in [5.41, 5.74) is 1.17. The third-order valence-corrected chi connectivity index (χ3v) is 3.18. The van der Waals surface area contributed by atoms with Crippen LogP contribution in [0.25, 0.3) is 0 Å². The van der Waals surface area contributed by atoms with Gasteiger partial charge in [-0.2, -0.15) is 0 Å². The number of ether oxygens (including phenoxy) is 1. The number of carbonyl (C=O) groups excluding carboxylic acids is 1. The minimum absolute atomic E-state index is 0.0372. The summed E-state index contributed by atoms with van der Waals surface area (Å²) in [6, 6.07) is 11.9. The van der Waals surface area contributed by atoms with Gasteiger partial charge in [-0.05, 0) is 29.3 Å². The molecule has 0 radical (unpaired) electrons. The maximum absolute atomic E-state index is 13.9. The van der Waals surface area contributed by atoms with Gasteiger partial charge in [-0.3, -0.25) is 4.79 Å². The molecule has 20 heavy (non-hydrogen) atoms. The summed E-state index contributed by atoms with van der Waals surface area (Å²) in [5.74, 6) is -0.396. The van der Waals surface area contributed by atoms with Crippen LogP contribution in [0.4, 0.5) is 4.39 Å². The minimum Gasteiger partial charge on any atom is -0.494 e. The molecule has 0 bridgehead atoms. The van der Waals surface area contributed by atoms with Crippen LogP contribution in [-0.2, 0) is 17.6 Å². The van der Waals surface area contributed by atoms with E-state index >= 15 is 0 Å². The van der Waals surface area contributed by atoms with Gasteiger partial charge >= 0.3 is 0 Å². The van der Waals surface area contributed by atoms with Gasteiger partial charge < -0.3 is 4.74 Å². The van der Waals surface area contributed by atoms with Crippen molar-refractivity contribution in [2.75, 3.05) is 7.11 Å². The zero-order chi connectivity index (χ0) is 14.5. The van der Waals surface area contributed by atoms with Crippen molar-refractivity contribution in [1.82, 2.24) is 0 Å². The molecule has 0 unspecified atom stereocenters. The van der Waals surface area contributed by atoms with Gasteiger partial charge in [-0.25, -0.2) is 4.39 Å². The highest BCUT2D eigenvalue weighted by molar-refractivity contribution is 6.30. The van der Waals surface area contributed by atoms with Crippen molar-refractivity contribution in [2.24, 2.45) is 0 Å². The second-order valence-corrected chi connectivity index (χ2v) is 4.89. The molecule has 0 aliphatic carbocycles. The van der Waals surface area contributed by atoms with Gasteiger partial charge in [-0.1, -0.05) is 35.9 Å². The molecule has 104 valence electrons. The van der Waals surface area contributed by atoms with Crippen molar-refractivity contribution in [3.8, 4) is 5.75 Å². The number of halogens is 2. The van der Waals surface area contributed by atoms with Crippen LogP contribution < -0.4 is 4.74 Å². The van der Waals surface area contributed by atoms with Crippen LogP contribution >= 0.6 is 11.6 Å². The number of hydrogen-bond donors (Lipinski definition) is 0. The van der Waals surface area contributed by atoms with Gasteiger partial charge in [0.2, 0.25) is 0 Å². The molecule has 0 atom stereocenters. The Morgan fingerprint density at radius 1 is 1.20 bits per heavy atom. The normalized spacial score (nSPS) is 10.3. The van der Waals surface area contributed by atoms with Crippen LogP contribution in [0.2, 0.25) is 5.02 Å². The lowest BCUT2D eigenvalue weighted by molar-refractivity contribution is -0.117. The fourth-order valence-corrected chi connectivity index (χ4v) is 2.21. The van der Waals surface area contributed by atoms with E-state index in [0.29, 0.717) is 10.6 Å². The summed E-state index contributed by atoms with van der Waals surface area (Å²) >= 11 is 5.87. The lowest BCUT2D eigenvalue weighted by Crippen LogP contribution is -2.08. The average Bonchev–Trinajstić information content (AvgIpc) is 2.41. The van der Waals surface area contributed by atoms with Crippen molar-refractivity contribution in [3.63, 3.8) is 0 Å². The zero-order valence-electron chi connectivity index (χ0n) is 11.0. The average molecular weight is 293 g/mol. The summed E-state index contributed by atoms with van der Waals surface area (Å²) in [7, 11) is 1.40. The molecule has 4 heteroatoms. The van der Waals surface area contributed by atoms with Crippen LogP contribution in [0.3, 0.4) is 0 Å². The largest absolute Gasteiger partial charge is 0.494 e. The van der Waals surface area contributed by atoms with Crippen LogP contribution in [-0.4, -0.2) is 12.9 Å². The van der Waals surface area contributed by atoms with Gasteiger partial charge in [-0.15, -0.1) is 0 Å². The SMILES string of the molecule is COc1cccc(CC(=O)Cc2cccc(Cl)c2)c1F. The molecule has 0 fully saturated rings. The second kappa shape index (κ2) is 6.53. The number of rotatable bonds is 5. The molecule has 0 spiro atoms. The summed E-state index contributed by atoms with van der Waals surface area (Å²) < 4.78 is 18.8. The van der Waals surface area contributed by atoms with Gasteiger partial charge in [0, 0.05) is 17.9 Å². The molecule has 0 amide bonds. The maximum Gasteiger partial charge on any atom is 0.168 e. The second-order valence-electron chi connectivity index (χ2n) is 4.46. The highest BCUT2D eigenvalue weighted by atomic mass is 35.5. The highest BCUT2D eigenvalue weighted by Gasteiger charge is 2.12. The lowest BCUT2D eigenvalue weighted by Gasteiger charge is -2.07. The van der Waals surface area contributed by atoms with Crippen molar-refractivity contribution in [1.29, 1.82) is 0 Å². The van der Waals surface area contributed by atoms with Gasteiger partial charge in [0.15, 0.2) is 11.6 Å². The Kier molecular flexibility index (Phi) is 4.74. The molecule has 0 N–H and O–H groups in total. The van der Waals surface area contributed by atoms with E-state index in [4.69, 9.17) is 16.3 Å². The summed E-state index contributed by atoms with van der Waals surface area (Å²) in [5, 5.41) is 0.586. The molecule has 0 heterocycles. The topological polar surface area (TPSA) is 26.3 Å². The molecule has 0 aromatic heterocycles. The molecule has 2 rings (SSSR count). The smallest absolute Gasteiger partial charge is 0.168 e. The molecule has 2 aromatic carbocycles. The number of methoxy groups -OCH3 is 1. The van der Waals surface area contributed by atoms with E-state index in [1.54, 1.807) is 30.3 Å². The van der Waals surface area contributed by atoms with Crippen molar-refractivity contribution in [3.05, 3.63) is 64.4 Å². The van der Waals surface area contributed by atoms with E-state index in [9.17, 15) is 9.18 Å². The molecule has 2 nitrogen and oxygen atoms in total. The molecule has 0 saturated carbocycles. The van der Waals surface area contributed by atoms with E-state index in [1.807, 2.05) is 6.07 Å².